The van der Waals surface area contributed by atoms with Crippen molar-refractivity contribution < 1.29 is 18.3 Å². The molecule has 0 bridgehead atoms. The average Bonchev–Trinajstić information content (AvgIpc) is 3.07. The molecule has 1 aromatic rings. The first-order valence-electron chi connectivity index (χ1n) is 6.44. The molecule has 0 aromatic carbocycles. The number of sulfone groups is 1. The highest BCUT2D eigenvalue weighted by Gasteiger charge is 2.24. The lowest BCUT2D eigenvalue weighted by atomic mass is 10.2. The zero-order valence-corrected chi connectivity index (χ0v) is 12.5. The van der Waals surface area contributed by atoms with Crippen LogP contribution in [0.3, 0.4) is 0 Å². The van der Waals surface area contributed by atoms with Crippen molar-refractivity contribution in [2.45, 2.75) is 29.2 Å². The summed E-state index contributed by atoms with van der Waals surface area (Å²) in [5, 5.41) is 17.1. The van der Waals surface area contributed by atoms with E-state index in [0.717, 1.165) is 30.7 Å². The van der Waals surface area contributed by atoms with Crippen molar-refractivity contribution in [3.8, 4) is 0 Å². The number of hydrogen-bond donors (Lipinski definition) is 3. The van der Waals surface area contributed by atoms with Crippen LogP contribution in [-0.2, 0) is 14.6 Å². The largest absolute Gasteiger partial charge is 0.390 e. The van der Waals surface area contributed by atoms with Gasteiger partial charge in [0.15, 0.2) is 9.84 Å². The van der Waals surface area contributed by atoms with Gasteiger partial charge in [-0.2, -0.15) is 0 Å². The number of carbonyl (C=O) groups is 1. The Morgan fingerprint density at radius 2 is 2.40 bits per heavy atom. The summed E-state index contributed by atoms with van der Waals surface area (Å²) in [6.07, 6.45) is 0.621. The Bertz CT molecular complexity index is 536. The lowest BCUT2D eigenvalue weighted by Crippen LogP contribution is -2.44. The van der Waals surface area contributed by atoms with Crippen molar-refractivity contribution in [1.82, 2.24) is 10.6 Å². The normalized spacial score (nSPS) is 20.8. The maximum atomic E-state index is 11.9. The third kappa shape index (κ3) is 4.02. The number of carbonyl (C=O) groups excluding carboxylic acids is 1. The van der Waals surface area contributed by atoms with Gasteiger partial charge in [0.2, 0.25) is 5.91 Å². The third-order valence-electron chi connectivity index (χ3n) is 3.10. The zero-order chi connectivity index (χ0) is 14.6. The molecule has 0 radical (unpaired) electrons. The summed E-state index contributed by atoms with van der Waals surface area (Å²) in [7, 11) is -3.48. The van der Waals surface area contributed by atoms with Crippen LogP contribution in [0.15, 0.2) is 21.7 Å². The van der Waals surface area contributed by atoms with E-state index in [1.165, 1.54) is 6.07 Å². The first kappa shape index (κ1) is 15.4. The molecule has 1 aliphatic rings. The molecule has 1 saturated heterocycles. The smallest absolute Gasteiger partial charge is 0.237 e. The first-order chi connectivity index (χ1) is 9.49. The summed E-state index contributed by atoms with van der Waals surface area (Å²) in [5.74, 6) is -0.568. The fourth-order valence-corrected chi connectivity index (χ4v) is 4.56. The van der Waals surface area contributed by atoms with Crippen molar-refractivity contribution in [1.29, 1.82) is 0 Å². The molecule has 20 heavy (non-hydrogen) atoms. The Labute approximate surface area is 122 Å². The van der Waals surface area contributed by atoms with E-state index in [0.29, 0.717) is 0 Å². The molecule has 2 heterocycles. The highest BCUT2D eigenvalue weighted by atomic mass is 32.2. The molecule has 0 spiro atoms. The van der Waals surface area contributed by atoms with E-state index in [1.807, 2.05) is 0 Å². The zero-order valence-electron chi connectivity index (χ0n) is 10.9. The molecule has 1 aromatic heterocycles. The molecule has 112 valence electrons. The standard InChI is InChI=1S/C12H18N2O4S2/c15-9(7-14-12(16)10-3-1-5-13-10)8-20(17,18)11-4-2-6-19-11/h2,4,6,9-10,13,15H,1,3,5,7-8H2,(H,14,16). The molecule has 1 aliphatic heterocycles. The van der Waals surface area contributed by atoms with Gasteiger partial charge in [0.1, 0.15) is 4.21 Å². The minimum absolute atomic E-state index is 0.0539. The van der Waals surface area contributed by atoms with Crippen LogP contribution in [0.5, 0.6) is 0 Å². The maximum Gasteiger partial charge on any atom is 0.237 e. The number of hydrogen-bond acceptors (Lipinski definition) is 6. The van der Waals surface area contributed by atoms with Gasteiger partial charge in [-0.3, -0.25) is 4.79 Å². The maximum absolute atomic E-state index is 11.9. The Kier molecular flexibility index (Phi) is 5.14. The summed E-state index contributed by atoms with van der Waals surface area (Å²) in [5.41, 5.74) is 0. The van der Waals surface area contributed by atoms with E-state index in [1.54, 1.807) is 11.4 Å². The molecule has 8 heteroatoms. The minimum Gasteiger partial charge on any atom is -0.390 e. The molecular weight excluding hydrogens is 300 g/mol. The molecule has 1 amide bonds. The van der Waals surface area contributed by atoms with Crippen molar-refractivity contribution in [2.24, 2.45) is 0 Å². The fourth-order valence-electron chi connectivity index (χ4n) is 2.08. The lowest BCUT2D eigenvalue weighted by molar-refractivity contribution is -0.123. The first-order valence-corrected chi connectivity index (χ1v) is 8.97. The summed E-state index contributed by atoms with van der Waals surface area (Å²) < 4.78 is 24.1. The fraction of sp³-hybridized carbons (Fsp3) is 0.583. The van der Waals surface area contributed by atoms with E-state index in [-0.39, 0.29) is 28.5 Å². The summed E-state index contributed by atoms with van der Waals surface area (Å²) in [6, 6.07) is 2.93. The van der Waals surface area contributed by atoms with Crippen molar-refractivity contribution in [3.05, 3.63) is 17.5 Å². The predicted molar refractivity (Wildman–Crippen MR) is 76.4 cm³/mol. The van der Waals surface area contributed by atoms with Gasteiger partial charge in [-0.25, -0.2) is 8.42 Å². The third-order valence-corrected chi connectivity index (χ3v) is 6.39. The summed E-state index contributed by atoms with van der Waals surface area (Å²) in [6.45, 7) is 0.759. The number of thiophene rings is 1. The molecule has 2 unspecified atom stereocenters. The minimum atomic E-state index is -3.48. The number of nitrogens with one attached hydrogen (secondary N) is 2. The van der Waals surface area contributed by atoms with Crippen LogP contribution in [0.1, 0.15) is 12.8 Å². The molecule has 2 rings (SSSR count). The van der Waals surface area contributed by atoms with Gasteiger partial charge in [-0.15, -0.1) is 11.3 Å². The Balaban J connectivity index is 1.80. The van der Waals surface area contributed by atoms with Gasteiger partial charge >= 0.3 is 0 Å². The van der Waals surface area contributed by atoms with Gasteiger partial charge in [0.05, 0.1) is 17.9 Å². The second-order valence-electron chi connectivity index (χ2n) is 4.76. The molecule has 2 atom stereocenters. The molecule has 3 N–H and O–H groups in total. The van der Waals surface area contributed by atoms with Gasteiger partial charge in [0.25, 0.3) is 0 Å². The number of aliphatic hydroxyl groups is 1. The monoisotopic (exact) mass is 318 g/mol. The van der Waals surface area contributed by atoms with Gasteiger partial charge < -0.3 is 15.7 Å². The Hall–Kier alpha value is -0.960. The van der Waals surface area contributed by atoms with Crippen LogP contribution in [0.2, 0.25) is 0 Å². The van der Waals surface area contributed by atoms with Gasteiger partial charge in [0, 0.05) is 6.54 Å². The van der Waals surface area contributed by atoms with Crippen LogP contribution in [-0.4, -0.2) is 50.4 Å². The topological polar surface area (TPSA) is 95.5 Å². The molecule has 6 nitrogen and oxygen atoms in total. The van der Waals surface area contributed by atoms with Crippen LogP contribution in [0.25, 0.3) is 0 Å². The number of aliphatic hydroxyl groups excluding tert-OH is 1. The molecule has 0 saturated carbocycles. The summed E-state index contributed by atoms with van der Waals surface area (Å²) in [4.78, 5) is 11.7. The second kappa shape index (κ2) is 6.66. The van der Waals surface area contributed by atoms with Crippen LogP contribution >= 0.6 is 11.3 Å². The Morgan fingerprint density at radius 1 is 1.60 bits per heavy atom. The van der Waals surface area contributed by atoms with Crippen molar-refractivity contribution >= 4 is 27.1 Å². The van der Waals surface area contributed by atoms with Crippen LogP contribution in [0.4, 0.5) is 0 Å². The van der Waals surface area contributed by atoms with E-state index in [2.05, 4.69) is 10.6 Å². The molecule has 1 fully saturated rings. The highest BCUT2D eigenvalue weighted by Crippen LogP contribution is 2.18. The highest BCUT2D eigenvalue weighted by molar-refractivity contribution is 7.93. The van der Waals surface area contributed by atoms with Gasteiger partial charge in [-0.1, -0.05) is 6.07 Å². The number of amides is 1. The lowest BCUT2D eigenvalue weighted by Gasteiger charge is -2.14. The molecular formula is C12H18N2O4S2. The van der Waals surface area contributed by atoms with E-state index in [9.17, 15) is 18.3 Å². The van der Waals surface area contributed by atoms with E-state index in [4.69, 9.17) is 0 Å². The van der Waals surface area contributed by atoms with E-state index < -0.39 is 15.9 Å². The second-order valence-corrected chi connectivity index (χ2v) is 7.97. The summed E-state index contributed by atoms with van der Waals surface area (Å²) >= 11 is 1.12. The van der Waals surface area contributed by atoms with E-state index >= 15 is 0 Å². The van der Waals surface area contributed by atoms with Crippen molar-refractivity contribution in [2.75, 3.05) is 18.8 Å². The van der Waals surface area contributed by atoms with Crippen molar-refractivity contribution in [3.63, 3.8) is 0 Å². The predicted octanol–water partition coefficient (Wildman–Crippen LogP) is -0.249. The van der Waals surface area contributed by atoms with Gasteiger partial charge in [-0.05, 0) is 30.8 Å². The molecule has 0 aliphatic carbocycles. The van der Waals surface area contributed by atoms with Crippen LogP contribution < -0.4 is 10.6 Å². The SMILES string of the molecule is O=C(NCC(O)CS(=O)(=O)c1cccs1)C1CCCN1. The quantitative estimate of drug-likeness (QED) is 0.672. The Morgan fingerprint density at radius 3 is 3.00 bits per heavy atom. The van der Waals surface area contributed by atoms with Crippen LogP contribution in [0, 0.1) is 0 Å². The number of rotatable bonds is 6. The average molecular weight is 318 g/mol.